The second kappa shape index (κ2) is 9.19. The number of hydrogen-bond donors (Lipinski definition) is 1. The van der Waals surface area contributed by atoms with E-state index in [-0.39, 0.29) is 17.3 Å². The highest BCUT2D eigenvalue weighted by Crippen LogP contribution is 2.15. The summed E-state index contributed by atoms with van der Waals surface area (Å²) in [5.74, 6) is 0.773. The van der Waals surface area contributed by atoms with Gasteiger partial charge in [-0.05, 0) is 42.3 Å². The summed E-state index contributed by atoms with van der Waals surface area (Å²) in [6.07, 6.45) is 0. The highest BCUT2D eigenvalue weighted by molar-refractivity contribution is 7.99. The summed E-state index contributed by atoms with van der Waals surface area (Å²) in [7, 11) is 0. The fourth-order valence-electron chi connectivity index (χ4n) is 1.91. The molecule has 6 nitrogen and oxygen atoms in total. The number of rotatable bonds is 7. The Balaban J connectivity index is 1.80. The highest BCUT2D eigenvalue weighted by Gasteiger charge is 2.06. The Morgan fingerprint density at radius 1 is 1.20 bits per heavy atom. The number of hydrazone groups is 1. The van der Waals surface area contributed by atoms with E-state index < -0.39 is 4.92 Å². The van der Waals surface area contributed by atoms with Crippen LogP contribution in [0.3, 0.4) is 0 Å². The maximum atomic E-state index is 11.8. The van der Waals surface area contributed by atoms with Crippen LogP contribution in [-0.2, 0) is 10.5 Å². The Morgan fingerprint density at radius 3 is 2.44 bits per heavy atom. The number of benzene rings is 2. The van der Waals surface area contributed by atoms with Crippen LogP contribution in [0, 0.1) is 10.1 Å². The van der Waals surface area contributed by atoms with Crippen molar-refractivity contribution in [2.75, 3.05) is 5.75 Å². The molecule has 0 saturated heterocycles. The van der Waals surface area contributed by atoms with E-state index in [0.29, 0.717) is 22.1 Å². The number of amides is 1. The van der Waals surface area contributed by atoms with Crippen LogP contribution >= 0.6 is 23.4 Å². The van der Waals surface area contributed by atoms with Gasteiger partial charge in [0.15, 0.2) is 0 Å². The van der Waals surface area contributed by atoms with Crippen LogP contribution in [0.4, 0.5) is 5.69 Å². The second-order valence-corrected chi connectivity index (χ2v) is 6.58. The first-order chi connectivity index (χ1) is 12.0. The maximum absolute atomic E-state index is 11.8. The molecular formula is C17H16ClN3O3S. The zero-order valence-electron chi connectivity index (χ0n) is 13.4. The monoisotopic (exact) mass is 377 g/mol. The average molecular weight is 378 g/mol. The SMILES string of the molecule is C/C(=N\NC(=O)CSCc1ccc(Cl)cc1)c1ccc([N+](=O)[O-])cc1. The van der Waals surface area contributed by atoms with E-state index in [9.17, 15) is 14.9 Å². The zero-order chi connectivity index (χ0) is 18.2. The van der Waals surface area contributed by atoms with Gasteiger partial charge in [-0.1, -0.05) is 23.7 Å². The third-order valence-electron chi connectivity index (χ3n) is 3.26. The predicted octanol–water partition coefficient (Wildman–Crippen LogP) is 4.02. The molecule has 0 aliphatic carbocycles. The molecule has 2 rings (SSSR count). The molecule has 25 heavy (non-hydrogen) atoms. The van der Waals surface area contributed by atoms with Crippen LogP contribution in [0.25, 0.3) is 0 Å². The standard InChI is InChI=1S/C17H16ClN3O3S/c1-12(14-4-8-16(9-5-14)21(23)24)19-20-17(22)11-25-10-13-2-6-15(18)7-3-13/h2-9H,10-11H2,1H3,(H,20,22)/b19-12+. The fraction of sp³-hybridized carbons (Fsp3) is 0.176. The van der Waals surface area contributed by atoms with Crippen molar-refractivity contribution in [1.29, 1.82) is 0 Å². The molecule has 0 saturated carbocycles. The Labute approximate surface area is 154 Å². The van der Waals surface area contributed by atoms with Crippen molar-refractivity contribution in [2.45, 2.75) is 12.7 Å². The number of nitro groups is 1. The molecule has 2 aromatic rings. The number of hydrogen-bond acceptors (Lipinski definition) is 5. The second-order valence-electron chi connectivity index (χ2n) is 5.16. The maximum Gasteiger partial charge on any atom is 0.269 e. The predicted molar refractivity (Wildman–Crippen MR) is 101 cm³/mol. The summed E-state index contributed by atoms with van der Waals surface area (Å²) in [6.45, 7) is 1.72. The van der Waals surface area contributed by atoms with Crippen LogP contribution in [0.1, 0.15) is 18.1 Å². The summed E-state index contributed by atoms with van der Waals surface area (Å²) in [5, 5.41) is 15.3. The molecular weight excluding hydrogens is 362 g/mol. The van der Waals surface area contributed by atoms with E-state index in [4.69, 9.17) is 11.6 Å². The molecule has 0 aliphatic rings. The lowest BCUT2D eigenvalue weighted by atomic mass is 10.1. The van der Waals surface area contributed by atoms with Gasteiger partial charge in [-0.2, -0.15) is 5.10 Å². The Kier molecular flexibility index (Phi) is 6.97. The summed E-state index contributed by atoms with van der Waals surface area (Å²) in [6, 6.07) is 13.5. The normalized spacial score (nSPS) is 11.2. The van der Waals surface area contributed by atoms with Crippen LogP contribution in [-0.4, -0.2) is 22.3 Å². The summed E-state index contributed by atoms with van der Waals surface area (Å²) >= 11 is 7.30. The smallest absolute Gasteiger partial charge is 0.269 e. The first-order valence-corrected chi connectivity index (χ1v) is 8.89. The summed E-state index contributed by atoms with van der Waals surface area (Å²) < 4.78 is 0. The number of carbonyl (C=O) groups is 1. The van der Waals surface area contributed by atoms with Crippen molar-refractivity contribution in [2.24, 2.45) is 5.10 Å². The molecule has 1 N–H and O–H groups in total. The number of thioether (sulfide) groups is 1. The third kappa shape index (κ3) is 6.21. The zero-order valence-corrected chi connectivity index (χ0v) is 15.0. The molecule has 0 aromatic heterocycles. The molecule has 0 bridgehead atoms. The number of halogens is 1. The van der Waals surface area contributed by atoms with Gasteiger partial charge >= 0.3 is 0 Å². The van der Waals surface area contributed by atoms with E-state index in [1.165, 1.54) is 23.9 Å². The molecule has 0 unspecified atom stereocenters. The lowest BCUT2D eigenvalue weighted by molar-refractivity contribution is -0.384. The number of non-ortho nitro benzene ring substituents is 1. The van der Waals surface area contributed by atoms with Crippen molar-refractivity contribution in [3.8, 4) is 0 Å². The molecule has 8 heteroatoms. The Hall–Kier alpha value is -2.38. The van der Waals surface area contributed by atoms with Gasteiger partial charge in [0.2, 0.25) is 5.91 Å². The number of nitrogens with zero attached hydrogens (tertiary/aromatic N) is 2. The number of carbonyl (C=O) groups excluding carboxylic acids is 1. The molecule has 1 amide bonds. The van der Waals surface area contributed by atoms with Gasteiger partial charge in [-0.15, -0.1) is 11.8 Å². The Bertz CT molecular complexity index is 777. The van der Waals surface area contributed by atoms with Gasteiger partial charge in [0.05, 0.1) is 16.4 Å². The van der Waals surface area contributed by atoms with Crippen molar-refractivity contribution < 1.29 is 9.72 Å². The average Bonchev–Trinajstić information content (AvgIpc) is 2.61. The van der Waals surface area contributed by atoms with E-state index >= 15 is 0 Å². The first kappa shape index (κ1) is 19.0. The van der Waals surface area contributed by atoms with Crippen LogP contribution in [0.15, 0.2) is 53.6 Å². The van der Waals surface area contributed by atoms with E-state index in [1.807, 2.05) is 24.3 Å². The fourth-order valence-corrected chi connectivity index (χ4v) is 2.82. The van der Waals surface area contributed by atoms with Crippen LogP contribution < -0.4 is 5.43 Å². The highest BCUT2D eigenvalue weighted by atomic mass is 35.5. The van der Waals surface area contributed by atoms with E-state index in [1.54, 1.807) is 19.1 Å². The summed E-state index contributed by atoms with van der Waals surface area (Å²) in [4.78, 5) is 22.0. The van der Waals surface area contributed by atoms with Crippen molar-refractivity contribution >= 4 is 40.7 Å². The minimum atomic E-state index is -0.462. The van der Waals surface area contributed by atoms with Gasteiger partial charge in [0, 0.05) is 22.9 Å². The molecule has 0 atom stereocenters. The van der Waals surface area contributed by atoms with Gasteiger partial charge in [0.1, 0.15) is 0 Å². The Morgan fingerprint density at radius 2 is 1.84 bits per heavy atom. The lowest BCUT2D eigenvalue weighted by Crippen LogP contribution is -2.21. The van der Waals surface area contributed by atoms with E-state index in [0.717, 1.165) is 5.56 Å². The van der Waals surface area contributed by atoms with Gasteiger partial charge < -0.3 is 0 Å². The van der Waals surface area contributed by atoms with Crippen molar-refractivity contribution in [3.63, 3.8) is 0 Å². The van der Waals surface area contributed by atoms with Gasteiger partial charge in [0.25, 0.3) is 5.69 Å². The van der Waals surface area contributed by atoms with Crippen LogP contribution in [0.2, 0.25) is 5.02 Å². The van der Waals surface area contributed by atoms with E-state index in [2.05, 4.69) is 10.5 Å². The largest absolute Gasteiger partial charge is 0.272 e. The number of nitrogens with one attached hydrogen (secondary N) is 1. The van der Waals surface area contributed by atoms with Gasteiger partial charge in [-0.3, -0.25) is 14.9 Å². The van der Waals surface area contributed by atoms with Gasteiger partial charge in [-0.25, -0.2) is 5.43 Å². The molecule has 130 valence electrons. The quantitative estimate of drug-likeness (QED) is 0.448. The molecule has 0 aliphatic heterocycles. The molecule has 0 heterocycles. The summed E-state index contributed by atoms with van der Waals surface area (Å²) in [5.41, 5.74) is 4.87. The third-order valence-corrected chi connectivity index (χ3v) is 4.52. The molecule has 2 aromatic carbocycles. The first-order valence-electron chi connectivity index (χ1n) is 7.36. The van der Waals surface area contributed by atoms with Crippen LogP contribution in [0.5, 0.6) is 0 Å². The van der Waals surface area contributed by atoms with Crippen molar-refractivity contribution in [1.82, 2.24) is 5.43 Å². The number of nitro benzene ring substituents is 1. The minimum absolute atomic E-state index is 0.0131. The molecule has 0 spiro atoms. The molecule has 0 fully saturated rings. The molecule has 0 radical (unpaired) electrons. The topological polar surface area (TPSA) is 84.6 Å². The minimum Gasteiger partial charge on any atom is -0.272 e. The lowest BCUT2D eigenvalue weighted by Gasteiger charge is -2.04. The van der Waals surface area contributed by atoms with Crippen molar-refractivity contribution in [3.05, 3.63) is 74.8 Å².